The number of fused-ring (bicyclic) bond motifs is 1. The molecule has 3 atom stereocenters. The van der Waals surface area contributed by atoms with E-state index in [0.29, 0.717) is 17.4 Å². The molecular weight excluding hydrogens is 338 g/mol. The number of rotatable bonds is 5. The quantitative estimate of drug-likeness (QED) is 0.701. The van der Waals surface area contributed by atoms with E-state index in [1.165, 1.54) is 16.3 Å². The SMILES string of the molecule is Cc1ncn(C2CCC(NC(C)c3cccc4ccccc34)C2)c1C(=O)O. The van der Waals surface area contributed by atoms with Gasteiger partial charge in [0.2, 0.25) is 0 Å². The van der Waals surface area contributed by atoms with Gasteiger partial charge in [0.1, 0.15) is 5.69 Å². The lowest BCUT2D eigenvalue weighted by Gasteiger charge is -2.22. The number of carboxylic acid groups (broad SMARTS) is 1. The molecule has 27 heavy (non-hydrogen) atoms. The fourth-order valence-electron chi connectivity index (χ4n) is 4.43. The van der Waals surface area contributed by atoms with E-state index in [0.717, 1.165) is 19.3 Å². The van der Waals surface area contributed by atoms with Gasteiger partial charge in [-0.15, -0.1) is 0 Å². The molecular formula is C22H25N3O2. The Balaban J connectivity index is 1.49. The van der Waals surface area contributed by atoms with Gasteiger partial charge >= 0.3 is 5.97 Å². The Hall–Kier alpha value is -2.66. The van der Waals surface area contributed by atoms with E-state index in [1.54, 1.807) is 13.3 Å². The van der Waals surface area contributed by atoms with Gasteiger partial charge in [-0.3, -0.25) is 0 Å². The molecule has 0 saturated heterocycles. The van der Waals surface area contributed by atoms with Crippen LogP contribution in [0.4, 0.5) is 0 Å². The van der Waals surface area contributed by atoms with E-state index in [4.69, 9.17) is 0 Å². The van der Waals surface area contributed by atoms with Crippen LogP contribution in [0.3, 0.4) is 0 Å². The topological polar surface area (TPSA) is 67.2 Å². The minimum absolute atomic E-state index is 0.189. The van der Waals surface area contributed by atoms with Gasteiger partial charge in [0.15, 0.2) is 0 Å². The van der Waals surface area contributed by atoms with Crippen molar-refractivity contribution >= 4 is 16.7 Å². The first kappa shape index (κ1) is 17.7. The maximum absolute atomic E-state index is 11.6. The molecule has 3 aromatic rings. The fourth-order valence-corrected chi connectivity index (χ4v) is 4.43. The predicted molar refractivity (Wildman–Crippen MR) is 106 cm³/mol. The van der Waals surface area contributed by atoms with Crippen LogP contribution >= 0.6 is 0 Å². The molecule has 140 valence electrons. The molecule has 3 unspecified atom stereocenters. The van der Waals surface area contributed by atoms with E-state index >= 15 is 0 Å². The van der Waals surface area contributed by atoms with E-state index in [-0.39, 0.29) is 12.1 Å². The van der Waals surface area contributed by atoms with Gasteiger partial charge < -0.3 is 15.0 Å². The second-order valence-corrected chi connectivity index (χ2v) is 7.51. The zero-order valence-electron chi connectivity index (χ0n) is 15.7. The average Bonchev–Trinajstić information content (AvgIpc) is 3.27. The molecule has 2 N–H and O–H groups in total. The van der Waals surface area contributed by atoms with Crippen molar-refractivity contribution in [3.63, 3.8) is 0 Å². The molecule has 0 bridgehead atoms. The van der Waals surface area contributed by atoms with Crippen LogP contribution in [0.5, 0.6) is 0 Å². The highest BCUT2D eigenvalue weighted by molar-refractivity contribution is 5.87. The fraction of sp³-hybridized carbons (Fsp3) is 0.364. The summed E-state index contributed by atoms with van der Waals surface area (Å²) in [5.74, 6) is -0.898. The maximum atomic E-state index is 11.6. The van der Waals surface area contributed by atoms with E-state index in [2.05, 4.69) is 59.7 Å². The van der Waals surface area contributed by atoms with Gasteiger partial charge in [0, 0.05) is 18.1 Å². The molecule has 1 aromatic heterocycles. The van der Waals surface area contributed by atoms with Gasteiger partial charge in [-0.1, -0.05) is 42.5 Å². The molecule has 5 nitrogen and oxygen atoms in total. The molecule has 0 amide bonds. The molecule has 0 aliphatic heterocycles. The van der Waals surface area contributed by atoms with Gasteiger partial charge in [-0.2, -0.15) is 0 Å². The first-order chi connectivity index (χ1) is 13.0. The Morgan fingerprint density at radius 3 is 2.81 bits per heavy atom. The monoisotopic (exact) mass is 363 g/mol. The summed E-state index contributed by atoms with van der Waals surface area (Å²) in [5.41, 5.74) is 2.21. The number of aryl methyl sites for hydroxylation is 1. The number of hydrogen-bond donors (Lipinski definition) is 2. The van der Waals surface area contributed by atoms with Crippen LogP contribution in [-0.4, -0.2) is 26.7 Å². The minimum Gasteiger partial charge on any atom is -0.477 e. The number of carbonyl (C=O) groups is 1. The first-order valence-corrected chi connectivity index (χ1v) is 9.55. The Morgan fingerprint density at radius 2 is 2.00 bits per heavy atom. The van der Waals surface area contributed by atoms with E-state index < -0.39 is 5.97 Å². The molecule has 1 fully saturated rings. The van der Waals surface area contributed by atoms with Crippen molar-refractivity contribution in [1.82, 2.24) is 14.9 Å². The number of benzene rings is 2. The molecule has 0 radical (unpaired) electrons. The Labute approximate surface area is 159 Å². The van der Waals surface area contributed by atoms with Crippen LogP contribution in [-0.2, 0) is 0 Å². The lowest BCUT2D eigenvalue weighted by molar-refractivity contribution is 0.0681. The number of aromatic nitrogens is 2. The third-order valence-electron chi connectivity index (χ3n) is 5.75. The van der Waals surface area contributed by atoms with E-state index in [9.17, 15) is 9.90 Å². The molecule has 4 rings (SSSR count). The van der Waals surface area contributed by atoms with Crippen LogP contribution in [0.1, 0.15) is 60.0 Å². The minimum atomic E-state index is -0.898. The maximum Gasteiger partial charge on any atom is 0.354 e. The van der Waals surface area contributed by atoms with Crippen LogP contribution in [0.2, 0.25) is 0 Å². The highest BCUT2D eigenvalue weighted by Crippen LogP contribution is 2.33. The zero-order valence-corrected chi connectivity index (χ0v) is 15.7. The third-order valence-corrected chi connectivity index (χ3v) is 5.75. The van der Waals surface area contributed by atoms with Crippen molar-refractivity contribution in [2.24, 2.45) is 0 Å². The van der Waals surface area contributed by atoms with Crippen molar-refractivity contribution in [2.75, 3.05) is 0 Å². The van der Waals surface area contributed by atoms with Crippen molar-refractivity contribution in [3.8, 4) is 0 Å². The second kappa shape index (κ2) is 7.16. The first-order valence-electron chi connectivity index (χ1n) is 9.55. The summed E-state index contributed by atoms with van der Waals surface area (Å²) < 4.78 is 1.85. The molecule has 0 spiro atoms. The van der Waals surface area contributed by atoms with Crippen LogP contribution < -0.4 is 5.32 Å². The summed E-state index contributed by atoms with van der Waals surface area (Å²) in [6.07, 6.45) is 4.61. The zero-order chi connectivity index (χ0) is 19.0. The number of imidazole rings is 1. The summed E-state index contributed by atoms with van der Waals surface area (Å²) in [6.45, 7) is 3.96. The third kappa shape index (κ3) is 3.35. The second-order valence-electron chi connectivity index (χ2n) is 7.51. The van der Waals surface area contributed by atoms with Crippen molar-refractivity contribution in [3.05, 3.63) is 65.7 Å². The van der Waals surface area contributed by atoms with Gasteiger partial charge in [0.25, 0.3) is 0 Å². The van der Waals surface area contributed by atoms with E-state index in [1.807, 2.05) is 4.57 Å². The largest absolute Gasteiger partial charge is 0.477 e. The normalized spacial score (nSPS) is 20.8. The van der Waals surface area contributed by atoms with Crippen LogP contribution in [0.15, 0.2) is 48.8 Å². The predicted octanol–water partition coefficient (Wildman–Crippen LogP) is 4.49. The number of aromatic carboxylic acids is 1. The van der Waals surface area contributed by atoms with Crippen molar-refractivity contribution < 1.29 is 9.90 Å². The highest BCUT2D eigenvalue weighted by atomic mass is 16.4. The summed E-state index contributed by atoms with van der Waals surface area (Å²) in [5, 5.41) is 15.8. The van der Waals surface area contributed by atoms with Gasteiger partial charge in [0.05, 0.1) is 12.0 Å². The summed E-state index contributed by atoms with van der Waals surface area (Å²) in [6, 6.07) is 15.7. The average molecular weight is 363 g/mol. The standard InChI is InChI=1S/C22H25N3O2/c1-14(19-9-5-7-16-6-3-4-8-20(16)19)24-17-10-11-18(12-17)25-13-23-15(2)21(25)22(26)27/h3-9,13-14,17-18,24H,10-12H2,1-2H3,(H,26,27). The summed E-state index contributed by atoms with van der Waals surface area (Å²) in [7, 11) is 0. The molecule has 5 heteroatoms. The number of carboxylic acids is 1. The molecule has 1 heterocycles. The molecule has 1 aliphatic rings. The van der Waals surface area contributed by atoms with Crippen LogP contribution in [0.25, 0.3) is 10.8 Å². The van der Waals surface area contributed by atoms with Gasteiger partial charge in [-0.25, -0.2) is 9.78 Å². The lowest BCUT2D eigenvalue weighted by Crippen LogP contribution is -2.29. The Bertz CT molecular complexity index is 973. The number of nitrogens with zero attached hydrogens (tertiary/aromatic N) is 2. The Morgan fingerprint density at radius 1 is 1.22 bits per heavy atom. The Kier molecular flexibility index (Phi) is 4.70. The van der Waals surface area contributed by atoms with Crippen LogP contribution in [0, 0.1) is 6.92 Å². The smallest absolute Gasteiger partial charge is 0.354 e. The number of hydrogen-bond acceptors (Lipinski definition) is 3. The van der Waals surface area contributed by atoms with Crippen molar-refractivity contribution in [1.29, 1.82) is 0 Å². The van der Waals surface area contributed by atoms with Gasteiger partial charge in [-0.05, 0) is 49.4 Å². The molecule has 1 saturated carbocycles. The molecule has 1 aliphatic carbocycles. The summed E-state index contributed by atoms with van der Waals surface area (Å²) >= 11 is 0. The summed E-state index contributed by atoms with van der Waals surface area (Å²) in [4.78, 5) is 15.8. The highest BCUT2D eigenvalue weighted by Gasteiger charge is 2.30. The molecule has 2 aromatic carbocycles. The van der Waals surface area contributed by atoms with Crippen molar-refractivity contribution in [2.45, 2.75) is 51.2 Å². The lowest BCUT2D eigenvalue weighted by atomic mass is 9.99. The number of nitrogens with one attached hydrogen (secondary N) is 1.